The summed E-state index contributed by atoms with van der Waals surface area (Å²) >= 11 is 1.10. The Kier molecular flexibility index (Phi) is 5.83. The average Bonchev–Trinajstić information content (AvgIpc) is 3.09. The molecule has 3 rings (SSSR count). The van der Waals surface area contributed by atoms with E-state index in [9.17, 15) is 9.59 Å². The lowest BCUT2D eigenvalue weighted by molar-refractivity contribution is 0.102. The number of thiazole rings is 1. The Labute approximate surface area is 160 Å². The number of anilines is 1. The van der Waals surface area contributed by atoms with Gasteiger partial charge in [-0.1, -0.05) is 29.5 Å². The second kappa shape index (κ2) is 8.46. The Balaban J connectivity index is 1.86. The summed E-state index contributed by atoms with van der Waals surface area (Å²) < 4.78 is 11.6. The van der Waals surface area contributed by atoms with E-state index < -0.39 is 0 Å². The highest BCUT2D eigenvalue weighted by atomic mass is 32.1. The first-order valence-corrected chi connectivity index (χ1v) is 9.12. The third kappa shape index (κ3) is 5.15. The highest BCUT2D eigenvalue weighted by molar-refractivity contribution is 7.17. The Morgan fingerprint density at radius 1 is 1.11 bits per heavy atom. The SMILES string of the molecule is CC(C)Oc1cc(Oc2ccccc2)cc(C(=O)Nc2ncc(C=O)s2)c1. The molecule has 0 aliphatic rings. The number of nitrogens with one attached hydrogen (secondary N) is 1. The van der Waals surface area contributed by atoms with Crippen LogP contribution in [0.25, 0.3) is 0 Å². The van der Waals surface area contributed by atoms with Crippen LogP contribution in [0.15, 0.2) is 54.7 Å². The molecule has 1 N–H and O–H groups in total. The number of ether oxygens (including phenoxy) is 2. The van der Waals surface area contributed by atoms with E-state index in [1.807, 2.05) is 44.2 Å². The van der Waals surface area contributed by atoms with Gasteiger partial charge in [-0.15, -0.1) is 0 Å². The summed E-state index contributed by atoms with van der Waals surface area (Å²) in [6.45, 7) is 3.81. The van der Waals surface area contributed by atoms with Crippen LogP contribution in [0.4, 0.5) is 5.13 Å². The maximum absolute atomic E-state index is 12.6. The lowest BCUT2D eigenvalue weighted by atomic mass is 10.2. The van der Waals surface area contributed by atoms with Gasteiger partial charge in [0.15, 0.2) is 11.4 Å². The van der Waals surface area contributed by atoms with E-state index >= 15 is 0 Å². The van der Waals surface area contributed by atoms with Crippen LogP contribution in [0, 0.1) is 0 Å². The Morgan fingerprint density at radius 3 is 2.52 bits per heavy atom. The smallest absolute Gasteiger partial charge is 0.257 e. The molecule has 0 saturated carbocycles. The van der Waals surface area contributed by atoms with Crippen molar-refractivity contribution in [3.05, 3.63) is 65.2 Å². The molecule has 0 radical (unpaired) electrons. The number of benzene rings is 2. The van der Waals surface area contributed by atoms with Crippen molar-refractivity contribution in [2.24, 2.45) is 0 Å². The van der Waals surface area contributed by atoms with Crippen molar-refractivity contribution in [2.45, 2.75) is 20.0 Å². The molecule has 0 bridgehead atoms. The fraction of sp³-hybridized carbons (Fsp3) is 0.150. The highest BCUT2D eigenvalue weighted by Crippen LogP contribution is 2.29. The Morgan fingerprint density at radius 2 is 1.85 bits per heavy atom. The molecule has 6 nitrogen and oxygen atoms in total. The van der Waals surface area contributed by atoms with Gasteiger partial charge in [-0.05, 0) is 38.1 Å². The van der Waals surface area contributed by atoms with E-state index in [1.165, 1.54) is 6.20 Å². The molecule has 0 aliphatic carbocycles. The van der Waals surface area contributed by atoms with Crippen molar-refractivity contribution in [3.8, 4) is 17.2 Å². The Bertz CT molecular complexity index is 938. The predicted molar refractivity (Wildman–Crippen MR) is 104 cm³/mol. The predicted octanol–water partition coefficient (Wildman–Crippen LogP) is 4.79. The van der Waals surface area contributed by atoms with Gasteiger partial charge in [-0.25, -0.2) is 4.98 Å². The molecule has 0 fully saturated rings. The summed E-state index contributed by atoms with van der Waals surface area (Å²) in [5.41, 5.74) is 0.363. The van der Waals surface area contributed by atoms with Crippen molar-refractivity contribution in [2.75, 3.05) is 5.32 Å². The normalized spacial score (nSPS) is 10.5. The third-order valence-electron chi connectivity index (χ3n) is 3.35. The fourth-order valence-electron chi connectivity index (χ4n) is 2.29. The van der Waals surface area contributed by atoms with E-state index in [-0.39, 0.29) is 12.0 Å². The van der Waals surface area contributed by atoms with E-state index in [1.54, 1.807) is 18.2 Å². The number of rotatable bonds is 7. The summed E-state index contributed by atoms with van der Waals surface area (Å²) in [4.78, 5) is 27.8. The van der Waals surface area contributed by atoms with Crippen molar-refractivity contribution in [1.82, 2.24) is 4.98 Å². The number of nitrogens with zero attached hydrogens (tertiary/aromatic N) is 1. The van der Waals surface area contributed by atoms with Crippen LogP contribution in [0.5, 0.6) is 17.2 Å². The summed E-state index contributed by atoms with van der Waals surface area (Å²) in [7, 11) is 0. The second-order valence-corrected chi connectivity index (χ2v) is 6.98. The van der Waals surface area contributed by atoms with Gasteiger partial charge in [-0.2, -0.15) is 0 Å². The molecule has 7 heteroatoms. The molecule has 2 aromatic carbocycles. The second-order valence-electron chi connectivity index (χ2n) is 5.91. The molecule has 0 atom stereocenters. The zero-order chi connectivity index (χ0) is 19.2. The lowest BCUT2D eigenvalue weighted by Crippen LogP contribution is -2.13. The van der Waals surface area contributed by atoms with Crippen LogP contribution in [-0.4, -0.2) is 23.3 Å². The quantitative estimate of drug-likeness (QED) is 0.595. The molecular formula is C20H18N2O4S. The van der Waals surface area contributed by atoms with Gasteiger partial charge in [0.2, 0.25) is 0 Å². The van der Waals surface area contributed by atoms with Gasteiger partial charge in [0.25, 0.3) is 5.91 Å². The van der Waals surface area contributed by atoms with E-state index in [2.05, 4.69) is 10.3 Å². The Hall–Kier alpha value is -3.19. The summed E-state index contributed by atoms with van der Waals surface area (Å²) in [5.74, 6) is 1.29. The molecular weight excluding hydrogens is 364 g/mol. The van der Waals surface area contributed by atoms with Crippen LogP contribution in [0.2, 0.25) is 0 Å². The zero-order valence-electron chi connectivity index (χ0n) is 14.8. The van der Waals surface area contributed by atoms with Crippen molar-refractivity contribution in [3.63, 3.8) is 0 Å². The highest BCUT2D eigenvalue weighted by Gasteiger charge is 2.14. The van der Waals surface area contributed by atoms with Gasteiger partial charge in [-0.3, -0.25) is 14.9 Å². The van der Waals surface area contributed by atoms with E-state index in [0.717, 1.165) is 11.3 Å². The number of hydrogen-bond acceptors (Lipinski definition) is 6. The van der Waals surface area contributed by atoms with Crippen LogP contribution in [0.3, 0.4) is 0 Å². The van der Waals surface area contributed by atoms with Gasteiger partial charge < -0.3 is 9.47 Å². The number of amides is 1. The van der Waals surface area contributed by atoms with Crippen LogP contribution in [0.1, 0.15) is 33.9 Å². The maximum atomic E-state index is 12.6. The molecule has 1 heterocycles. The van der Waals surface area contributed by atoms with Crippen molar-refractivity contribution < 1.29 is 19.1 Å². The van der Waals surface area contributed by atoms with Crippen molar-refractivity contribution >= 4 is 28.7 Å². The van der Waals surface area contributed by atoms with E-state index in [4.69, 9.17) is 9.47 Å². The minimum Gasteiger partial charge on any atom is -0.491 e. The van der Waals surface area contributed by atoms with Crippen LogP contribution >= 0.6 is 11.3 Å². The first kappa shape index (κ1) is 18.6. The summed E-state index contributed by atoms with van der Waals surface area (Å²) in [6, 6.07) is 14.3. The monoisotopic (exact) mass is 382 g/mol. The number of hydrogen-bond donors (Lipinski definition) is 1. The largest absolute Gasteiger partial charge is 0.491 e. The summed E-state index contributed by atoms with van der Waals surface area (Å²) in [6.07, 6.45) is 2.05. The molecule has 27 heavy (non-hydrogen) atoms. The number of aromatic nitrogens is 1. The average molecular weight is 382 g/mol. The third-order valence-corrected chi connectivity index (χ3v) is 4.19. The molecule has 1 aromatic heterocycles. The van der Waals surface area contributed by atoms with E-state index in [0.29, 0.717) is 39.1 Å². The number of para-hydroxylation sites is 1. The van der Waals surface area contributed by atoms with Crippen LogP contribution in [-0.2, 0) is 0 Å². The molecule has 138 valence electrons. The van der Waals surface area contributed by atoms with Gasteiger partial charge in [0.05, 0.1) is 17.2 Å². The fourth-order valence-corrected chi connectivity index (χ4v) is 2.92. The molecule has 0 aliphatic heterocycles. The minimum atomic E-state index is -0.367. The summed E-state index contributed by atoms with van der Waals surface area (Å²) in [5, 5.41) is 3.03. The molecule has 0 unspecified atom stereocenters. The molecule has 3 aromatic rings. The molecule has 1 amide bonds. The number of carbonyl (C=O) groups is 2. The maximum Gasteiger partial charge on any atom is 0.257 e. The zero-order valence-corrected chi connectivity index (χ0v) is 15.7. The number of aldehydes is 1. The topological polar surface area (TPSA) is 77.5 Å². The van der Waals surface area contributed by atoms with Crippen molar-refractivity contribution in [1.29, 1.82) is 0 Å². The molecule has 0 spiro atoms. The van der Waals surface area contributed by atoms with Gasteiger partial charge >= 0.3 is 0 Å². The lowest BCUT2D eigenvalue weighted by Gasteiger charge is -2.14. The first-order chi connectivity index (χ1) is 13.0. The van der Waals surface area contributed by atoms with Gasteiger partial charge in [0, 0.05) is 11.6 Å². The number of carbonyl (C=O) groups excluding carboxylic acids is 2. The minimum absolute atomic E-state index is 0.0537. The molecule has 0 saturated heterocycles. The standard InChI is InChI=1S/C20H18N2O4S/c1-13(2)25-16-8-14(19(24)22-20-21-11-18(12-23)27-20)9-17(10-16)26-15-6-4-3-5-7-15/h3-13H,1-2H3,(H,21,22,24). The first-order valence-electron chi connectivity index (χ1n) is 8.30. The van der Waals surface area contributed by atoms with Crippen LogP contribution < -0.4 is 14.8 Å². The van der Waals surface area contributed by atoms with Gasteiger partial charge in [0.1, 0.15) is 17.2 Å².